The summed E-state index contributed by atoms with van der Waals surface area (Å²) in [5.74, 6) is 0.762. The van der Waals surface area contributed by atoms with Gasteiger partial charge in [0.15, 0.2) is 0 Å². The van der Waals surface area contributed by atoms with Crippen molar-refractivity contribution in [1.29, 1.82) is 0 Å². The Morgan fingerprint density at radius 2 is 1.16 bits per heavy atom. The fraction of sp³-hybridized carbons (Fsp3) is 0.510. The fourth-order valence-electron chi connectivity index (χ4n) is 10.1. The fourth-order valence-corrected chi connectivity index (χ4v) is 10.1. The van der Waals surface area contributed by atoms with Crippen LogP contribution in [0.3, 0.4) is 0 Å². The molecule has 15 nitrogen and oxygen atoms in total. The number of nitrogens with zero attached hydrogens (tertiary/aromatic N) is 5. The smallest absolute Gasteiger partial charge is 0.407 e. The topological polar surface area (TPSA) is 189 Å². The number of aromatic amines is 2. The molecule has 8 rings (SSSR count). The van der Waals surface area contributed by atoms with Crippen molar-refractivity contribution in [3.05, 3.63) is 89.0 Å². The number of carboxylic acid groups (broad SMARTS) is 1. The van der Waals surface area contributed by atoms with Crippen LogP contribution >= 0.6 is 0 Å². The normalized spacial score (nSPS) is 21.3. The summed E-state index contributed by atoms with van der Waals surface area (Å²) in [5, 5.41) is 14.6. The molecule has 3 aliphatic rings. The summed E-state index contributed by atoms with van der Waals surface area (Å²) in [6.45, 7) is 15.3. The van der Waals surface area contributed by atoms with Gasteiger partial charge in [-0.15, -0.1) is 0 Å². The molecule has 64 heavy (non-hydrogen) atoms. The van der Waals surface area contributed by atoms with Crippen LogP contribution in [0.1, 0.15) is 139 Å². The number of aromatic nitrogens is 4. The van der Waals surface area contributed by atoms with Gasteiger partial charge in [-0.2, -0.15) is 0 Å². The maximum Gasteiger partial charge on any atom is 0.407 e. The number of likely N-dealkylation sites (tertiary alicyclic amines) is 2. The van der Waals surface area contributed by atoms with Gasteiger partial charge in [0.1, 0.15) is 23.7 Å². The summed E-state index contributed by atoms with van der Waals surface area (Å²) >= 11 is 0. The molecule has 340 valence electrons. The van der Waals surface area contributed by atoms with Crippen molar-refractivity contribution in [1.82, 2.24) is 40.4 Å². The minimum Gasteiger partial charge on any atom is -0.465 e. The van der Waals surface area contributed by atoms with Crippen LogP contribution in [-0.4, -0.2) is 91.1 Å². The van der Waals surface area contributed by atoms with E-state index in [2.05, 4.69) is 107 Å². The molecule has 0 bridgehead atoms. The number of alkyl carbamates (subject to hydrolysis) is 1. The molecule has 2 aromatic heterocycles. The number of benzene rings is 3. The molecule has 6 atom stereocenters. The number of fused-ring (bicyclic) bond motifs is 2. The first kappa shape index (κ1) is 44.5. The largest absolute Gasteiger partial charge is 0.465 e. The first-order valence-electron chi connectivity index (χ1n) is 22.8. The molecular formula is C49H63N9O6. The SMILES string of the molecule is COC(=O)N[C@H](C(=O)N1CCC[C@H]1c1nc2cc([C@H]3CC[C@H](c4ccc5[nH]c([C@@H]6CCCN6C(=O)[C@@H](NC(=O)O)C(C)C)nc5c4)N3c3ccc(C(C)(C)C)cc3)ccc2[nH]1)C(C)C. The van der Waals surface area contributed by atoms with E-state index in [0.717, 1.165) is 83.2 Å². The van der Waals surface area contributed by atoms with Crippen molar-refractivity contribution in [3.8, 4) is 0 Å². The minimum absolute atomic E-state index is 0.00276. The Balaban J connectivity index is 1.09. The number of ether oxygens (including phenoxy) is 1. The maximum absolute atomic E-state index is 13.9. The highest BCUT2D eigenvalue weighted by Gasteiger charge is 2.40. The predicted molar refractivity (Wildman–Crippen MR) is 246 cm³/mol. The Morgan fingerprint density at radius 3 is 1.58 bits per heavy atom. The molecule has 3 fully saturated rings. The van der Waals surface area contributed by atoms with Crippen LogP contribution in [0.2, 0.25) is 0 Å². The van der Waals surface area contributed by atoms with E-state index < -0.39 is 24.3 Å². The number of anilines is 1. The van der Waals surface area contributed by atoms with Gasteiger partial charge in [-0.05, 0) is 109 Å². The standard InChI is InChI=1S/C49H63N9O6/c1-27(2)41(54-47(61)62)45(59)56-23-9-11-39(56)43-50-33-19-13-29(25-35(33)52-43)37-21-22-38(58(37)32-17-15-31(16-18-32)49(5,6)7)30-14-20-34-36(26-30)53-44(51-34)40-12-10-24-57(40)46(60)42(28(3)4)55-48(63)64-8/h13-20,25-28,37-42,54H,9-12,21-24H2,1-8H3,(H,50,52)(H,51,53)(H,55,63)(H,61,62)/t37-,38-,39+,40+,41+,42+/m1/s1. The quantitative estimate of drug-likeness (QED) is 0.0864. The Morgan fingerprint density at radius 1 is 0.688 bits per heavy atom. The van der Waals surface area contributed by atoms with Crippen LogP contribution in [0.15, 0.2) is 60.7 Å². The number of nitrogens with one attached hydrogen (secondary N) is 4. The second-order valence-corrected chi connectivity index (χ2v) is 19.5. The highest BCUT2D eigenvalue weighted by molar-refractivity contribution is 5.87. The van der Waals surface area contributed by atoms with E-state index in [4.69, 9.17) is 14.7 Å². The van der Waals surface area contributed by atoms with Gasteiger partial charge in [0.25, 0.3) is 0 Å². The number of H-pyrrole nitrogens is 2. The third kappa shape index (κ3) is 8.73. The average molecular weight is 874 g/mol. The van der Waals surface area contributed by atoms with Gasteiger partial charge in [0, 0.05) is 18.8 Å². The molecule has 4 amide bonds. The van der Waals surface area contributed by atoms with E-state index in [-0.39, 0.29) is 53.2 Å². The van der Waals surface area contributed by atoms with Gasteiger partial charge in [0.05, 0.1) is 53.3 Å². The van der Waals surface area contributed by atoms with E-state index >= 15 is 0 Å². The van der Waals surface area contributed by atoms with E-state index in [1.807, 2.05) is 32.6 Å². The Hall–Kier alpha value is -6.12. The highest BCUT2D eigenvalue weighted by Crippen LogP contribution is 2.48. The number of hydrogen-bond donors (Lipinski definition) is 5. The summed E-state index contributed by atoms with van der Waals surface area (Å²) in [7, 11) is 1.30. The van der Waals surface area contributed by atoms with E-state index in [9.17, 15) is 24.3 Å². The van der Waals surface area contributed by atoms with Crippen molar-refractivity contribution in [2.45, 2.75) is 129 Å². The summed E-state index contributed by atoms with van der Waals surface area (Å²) in [6, 6.07) is 19.9. The lowest BCUT2D eigenvalue weighted by Gasteiger charge is -2.34. The van der Waals surface area contributed by atoms with E-state index in [0.29, 0.717) is 18.9 Å². The summed E-state index contributed by atoms with van der Waals surface area (Å²) < 4.78 is 4.83. The van der Waals surface area contributed by atoms with Crippen molar-refractivity contribution in [2.75, 3.05) is 25.1 Å². The number of methoxy groups -OCH3 is 1. The van der Waals surface area contributed by atoms with Crippen LogP contribution in [0, 0.1) is 11.8 Å². The van der Waals surface area contributed by atoms with E-state index in [1.54, 1.807) is 4.90 Å². The Bertz CT molecular complexity index is 2520. The molecule has 3 saturated heterocycles. The number of hydrogen-bond acceptors (Lipinski definition) is 8. The van der Waals surface area contributed by atoms with Crippen molar-refractivity contribution in [2.24, 2.45) is 11.8 Å². The molecule has 0 spiro atoms. The van der Waals surface area contributed by atoms with Crippen LogP contribution in [0.25, 0.3) is 22.1 Å². The first-order chi connectivity index (χ1) is 30.5. The van der Waals surface area contributed by atoms with Crippen molar-refractivity contribution in [3.63, 3.8) is 0 Å². The third-order valence-electron chi connectivity index (χ3n) is 13.5. The van der Waals surface area contributed by atoms with Gasteiger partial charge < -0.3 is 45.1 Å². The monoisotopic (exact) mass is 873 g/mol. The number of amides is 4. The minimum atomic E-state index is -1.21. The second-order valence-electron chi connectivity index (χ2n) is 19.5. The molecule has 5 N–H and O–H groups in total. The second kappa shape index (κ2) is 17.8. The lowest BCUT2D eigenvalue weighted by molar-refractivity contribution is -0.136. The van der Waals surface area contributed by atoms with Gasteiger partial charge in [-0.3, -0.25) is 9.59 Å². The molecule has 5 aromatic rings. The van der Waals surface area contributed by atoms with Gasteiger partial charge in [-0.25, -0.2) is 19.6 Å². The van der Waals surface area contributed by atoms with E-state index in [1.165, 1.54) is 12.7 Å². The summed E-state index contributed by atoms with van der Waals surface area (Å²) in [4.78, 5) is 74.7. The number of imidazole rings is 2. The lowest BCUT2D eigenvalue weighted by atomic mass is 9.87. The average Bonchev–Trinajstić information content (AvgIpc) is 4.11. The third-order valence-corrected chi connectivity index (χ3v) is 13.5. The molecule has 0 unspecified atom stereocenters. The molecule has 0 saturated carbocycles. The van der Waals surface area contributed by atoms with Gasteiger partial charge in [-0.1, -0.05) is 72.7 Å². The number of carbonyl (C=O) groups excluding carboxylic acids is 3. The first-order valence-corrected chi connectivity index (χ1v) is 22.8. The Kier molecular flexibility index (Phi) is 12.4. The van der Waals surface area contributed by atoms with Crippen molar-refractivity contribution >= 4 is 51.8 Å². The highest BCUT2D eigenvalue weighted by atomic mass is 16.5. The van der Waals surface area contributed by atoms with Crippen molar-refractivity contribution < 1.29 is 29.0 Å². The molecule has 5 heterocycles. The van der Waals surface area contributed by atoms with Crippen LogP contribution < -0.4 is 15.5 Å². The van der Waals surface area contributed by atoms with Crippen LogP contribution in [0.4, 0.5) is 15.3 Å². The summed E-state index contributed by atoms with van der Waals surface area (Å²) in [6.07, 6.45) is 3.14. The van der Waals surface area contributed by atoms with Crippen LogP contribution in [0.5, 0.6) is 0 Å². The molecule has 3 aromatic carbocycles. The van der Waals surface area contributed by atoms with Gasteiger partial charge >= 0.3 is 12.2 Å². The molecule has 15 heteroatoms. The number of rotatable bonds is 11. The lowest BCUT2D eigenvalue weighted by Crippen LogP contribution is -2.51. The Labute approximate surface area is 374 Å². The van der Waals surface area contributed by atoms with Gasteiger partial charge in [0.2, 0.25) is 11.8 Å². The predicted octanol–water partition coefficient (Wildman–Crippen LogP) is 8.82. The zero-order valence-electron chi connectivity index (χ0n) is 38.3. The number of carbonyl (C=O) groups is 4. The zero-order valence-corrected chi connectivity index (χ0v) is 38.3. The summed E-state index contributed by atoms with van der Waals surface area (Å²) in [5.41, 5.74) is 8.15. The molecular weight excluding hydrogens is 811 g/mol. The maximum atomic E-state index is 13.9. The molecule has 0 radical (unpaired) electrons. The molecule has 0 aliphatic carbocycles. The van der Waals surface area contributed by atoms with Crippen LogP contribution in [-0.2, 0) is 19.7 Å². The molecule has 3 aliphatic heterocycles. The zero-order chi connectivity index (χ0) is 45.6.